The number of halogens is 4. The van der Waals surface area contributed by atoms with Crippen molar-refractivity contribution in [2.24, 2.45) is 5.73 Å². The van der Waals surface area contributed by atoms with Gasteiger partial charge in [0.25, 0.3) is 6.43 Å². The molecule has 0 radical (unpaired) electrons. The fourth-order valence-electron chi connectivity index (χ4n) is 2.69. The Kier molecular flexibility index (Phi) is 9.12. The highest BCUT2D eigenvalue weighted by atomic mass is 35.5. The van der Waals surface area contributed by atoms with Gasteiger partial charge in [0.2, 0.25) is 0 Å². The third kappa shape index (κ3) is 6.55. The van der Waals surface area contributed by atoms with Crippen molar-refractivity contribution in [3.63, 3.8) is 0 Å². The van der Waals surface area contributed by atoms with Gasteiger partial charge in [0.1, 0.15) is 0 Å². The molecule has 3 N–H and O–H groups in total. The highest BCUT2D eigenvalue weighted by molar-refractivity contribution is 6.43. The lowest BCUT2D eigenvalue weighted by Crippen LogP contribution is -2.41. The molecule has 7 nitrogen and oxygen atoms in total. The molecule has 1 aliphatic heterocycles. The van der Waals surface area contributed by atoms with Gasteiger partial charge in [-0.3, -0.25) is 4.90 Å². The first kappa shape index (κ1) is 23.4. The summed E-state index contributed by atoms with van der Waals surface area (Å²) in [7, 11) is 0. The molecule has 29 heavy (non-hydrogen) atoms. The Bertz CT molecular complexity index is 806. The van der Waals surface area contributed by atoms with Crippen LogP contribution >= 0.6 is 23.2 Å². The van der Waals surface area contributed by atoms with Crippen molar-refractivity contribution in [1.29, 1.82) is 0 Å². The lowest BCUT2D eigenvalue weighted by atomic mass is 10.1. The normalized spacial score (nSPS) is 15.5. The van der Waals surface area contributed by atoms with E-state index in [4.69, 9.17) is 38.8 Å². The fourth-order valence-corrected chi connectivity index (χ4v) is 3.07. The number of carboxylic acid groups (broad SMARTS) is 1. The number of nitrogens with zero attached hydrogens (tertiary/aromatic N) is 3. The van der Waals surface area contributed by atoms with Gasteiger partial charge >= 0.3 is 5.97 Å². The first-order valence-electron chi connectivity index (χ1n) is 8.64. The van der Waals surface area contributed by atoms with E-state index in [9.17, 15) is 13.6 Å². The fraction of sp³-hybridized carbons (Fsp3) is 0.389. The maximum atomic E-state index is 12.4. The minimum absolute atomic E-state index is 0.0270. The van der Waals surface area contributed by atoms with Crippen molar-refractivity contribution in [3.8, 4) is 0 Å². The van der Waals surface area contributed by atoms with Crippen LogP contribution in [-0.2, 0) is 4.74 Å². The topological polar surface area (TPSA) is 102 Å². The Labute approximate surface area is 176 Å². The first-order valence-corrected chi connectivity index (χ1v) is 9.39. The van der Waals surface area contributed by atoms with E-state index in [0.29, 0.717) is 19.8 Å². The monoisotopic (exact) mass is 448 g/mol. The molecule has 0 spiro atoms. The number of nitrogens with two attached hydrogens (primary N) is 1. The molecule has 1 saturated heterocycles. The smallest absolute Gasteiger partial charge is 0.337 e. The number of aromatic carboxylic acids is 1. The van der Waals surface area contributed by atoms with Gasteiger partial charge in [0, 0.05) is 37.6 Å². The summed E-state index contributed by atoms with van der Waals surface area (Å²) in [6.07, 6.45) is 0.224. The van der Waals surface area contributed by atoms with E-state index in [2.05, 4.69) is 14.9 Å². The predicted octanol–water partition coefficient (Wildman–Crippen LogP) is 3.44. The zero-order valence-electron chi connectivity index (χ0n) is 15.3. The van der Waals surface area contributed by atoms with Crippen LogP contribution < -0.4 is 5.73 Å². The van der Waals surface area contributed by atoms with Crippen molar-refractivity contribution >= 4 is 29.2 Å². The molecule has 1 aromatic heterocycles. The Morgan fingerprint density at radius 2 is 1.86 bits per heavy atom. The second-order valence-electron chi connectivity index (χ2n) is 5.98. The van der Waals surface area contributed by atoms with Crippen LogP contribution in [0.15, 0.2) is 30.6 Å². The second-order valence-corrected chi connectivity index (χ2v) is 6.77. The summed E-state index contributed by atoms with van der Waals surface area (Å²) in [5.74, 6) is -1.52. The molecule has 1 aromatic carbocycles. The summed E-state index contributed by atoms with van der Waals surface area (Å²) in [5, 5.41) is 8.89. The summed E-state index contributed by atoms with van der Waals surface area (Å²) in [4.78, 5) is 19.9. The van der Waals surface area contributed by atoms with Crippen molar-refractivity contribution in [1.82, 2.24) is 14.9 Å². The Hall–Kier alpha value is -1.91. The molecule has 1 aliphatic rings. The number of benzene rings is 1. The summed E-state index contributed by atoms with van der Waals surface area (Å²) >= 11 is 11.1. The number of hydrogen-bond acceptors (Lipinski definition) is 6. The quantitative estimate of drug-likeness (QED) is 0.721. The lowest BCUT2D eigenvalue weighted by Gasteiger charge is -2.33. The van der Waals surface area contributed by atoms with Crippen molar-refractivity contribution in [2.45, 2.75) is 12.5 Å². The van der Waals surface area contributed by atoms with Crippen LogP contribution in [0.4, 0.5) is 8.78 Å². The van der Waals surface area contributed by atoms with Gasteiger partial charge in [-0.15, -0.1) is 0 Å². The van der Waals surface area contributed by atoms with E-state index in [1.165, 1.54) is 30.6 Å². The van der Waals surface area contributed by atoms with Crippen LogP contribution in [-0.4, -0.2) is 58.8 Å². The van der Waals surface area contributed by atoms with E-state index >= 15 is 0 Å². The van der Waals surface area contributed by atoms with Crippen LogP contribution in [0.2, 0.25) is 10.0 Å². The number of morpholine rings is 1. The lowest BCUT2D eigenvalue weighted by molar-refractivity contribution is 0.0177. The summed E-state index contributed by atoms with van der Waals surface area (Å²) in [6, 6.07) is 4.44. The number of alkyl halides is 2. The largest absolute Gasteiger partial charge is 0.478 e. The van der Waals surface area contributed by atoms with Gasteiger partial charge in [-0.1, -0.05) is 29.3 Å². The maximum Gasteiger partial charge on any atom is 0.337 e. The van der Waals surface area contributed by atoms with E-state index in [1.807, 2.05) is 0 Å². The molecule has 0 amide bonds. The molecule has 11 heteroatoms. The molecule has 0 bridgehead atoms. The van der Waals surface area contributed by atoms with Gasteiger partial charge in [-0.25, -0.2) is 23.5 Å². The van der Waals surface area contributed by atoms with Gasteiger partial charge in [-0.05, 0) is 12.1 Å². The SMILES string of the molecule is NCC(c1cnc(C(F)F)nc1)N1CCOCC1.O=C(O)c1cccc(Cl)c1Cl. The van der Waals surface area contributed by atoms with Crippen LogP contribution in [0, 0.1) is 0 Å². The van der Waals surface area contributed by atoms with Gasteiger partial charge in [-0.2, -0.15) is 0 Å². The molecule has 0 aliphatic carbocycles. The minimum Gasteiger partial charge on any atom is -0.478 e. The van der Waals surface area contributed by atoms with Crippen LogP contribution in [0.25, 0.3) is 0 Å². The average molecular weight is 449 g/mol. The molecule has 1 unspecified atom stereocenters. The van der Waals surface area contributed by atoms with E-state index in [1.54, 1.807) is 0 Å². The van der Waals surface area contributed by atoms with Crippen molar-refractivity contribution in [3.05, 3.63) is 57.6 Å². The van der Waals surface area contributed by atoms with Crippen LogP contribution in [0.1, 0.15) is 34.2 Å². The molecule has 158 valence electrons. The van der Waals surface area contributed by atoms with Crippen LogP contribution in [0.5, 0.6) is 0 Å². The average Bonchev–Trinajstić information content (AvgIpc) is 2.72. The number of rotatable bonds is 5. The Morgan fingerprint density at radius 3 is 2.34 bits per heavy atom. The molecule has 3 rings (SSSR count). The molecule has 2 aromatic rings. The molecule has 1 fully saturated rings. The van der Waals surface area contributed by atoms with Crippen LogP contribution in [0.3, 0.4) is 0 Å². The van der Waals surface area contributed by atoms with Crippen molar-refractivity contribution < 1.29 is 23.4 Å². The summed E-state index contributed by atoms with van der Waals surface area (Å²) < 4.78 is 30.0. The third-order valence-corrected chi connectivity index (χ3v) is 4.98. The summed E-state index contributed by atoms with van der Waals surface area (Å²) in [6.45, 7) is 3.27. The minimum atomic E-state index is -2.64. The second kappa shape index (κ2) is 11.3. The zero-order chi connectivity index (χ0) is 21.4. The number of carbonyl (C=O) groups is 1. The predicted molar refractivity (Wildman–Crippen MR) is 105 cm³/mol. The van der Waals surface area contributed by atoms with E-state index in [0.717, 1.165) is 18.7 Å². The van der Waals surface area contributed by atoms with E-state index in [-0.39, 0.29) is 21.7 Å². The highest BCUT2D eigenvalue weighted by Gasteiger charge is 2.22. The number of hydrogen-bond donors (Lipinski definition) is 2. The molecular formula is C18H20Cl2F2N4O3. The van der Waals surface area contributed by atoms with Gasteiger partial charge in [0.15, 0.2) is 5.82 Å². The van der Waals surface area contributed by atoms with E-state index < -0.39 is 18.2 Å². The third-order valence-electron chi connectivity index (χ3n) is 4.16. The molecule has 2 heterocycles. The number of aromatic nitrogens is 2. The first-order chi connectivity index (χ1) is 13.8. The highest BCUT2D eigenvalue weighted by Crippen LogP contribution is 2.25. The Morgan fingerprint density at radius 1 is 1.24 bits per heavy atom. The number of ether oxygens (including phenoxy) is 1. The Balaban J connectivity index is 0.000000234. The van der Waals surface area contributed by atoms with Gasteiger partial charge in [0.05, 0.1) is 34.9 Å². The summed E-state index contributed by atoms with van der Waals surface area (Å²) in [5.41, 5.74) is 6.54. The van der Waals surface area contributed by atoms with Crippen molar-refractivity contribution in [2.75, 3.05) is 32.8 Å². The van der Waals surface area contributed by atoms with Gasteiger partial charge < -0.3 is 15.6 Å². The molecule has 0 saturated carbocycles. The standard InChI is InChI=1S/C11H16F2N4O.C7H4Cl2O2/c12-10(13)11-15-6-8(7-16-11)9(5-14)17-1-3-18-4-2-17;8-5-3-1-2-4(6(5)9)7(10)11/h6-7,9-10H,1-5,14H2;1-3H,(H,10,11). The number of carboxylic acids is 1. The zero-order valence-corrected chi connectivity index (χ0v) is 16.8. The molecule has 1 atom stereocenters. The maximum absolute atomic E-state index is 12.4. The molecular weight excluding hydrogens is 429 g/mol.